The highest BCUT2D eigenvalue weighted by Crippen LogP contribution is 2.41. The lowest BCUT2D eigenvalue weighted by Crippen LogP contribution is -2.49. The van der Waals surface area contributed by atoms with Crippen LogP contribution in [0.2, 0.25) is 0 Å². The van der Waals surface area contributed by atoms with Crippen molar-refractivity contribution in [1.82, 2.24) is 29.9 Å². The van der Waals surface area contributed by atoms with Crippen LogP contribution in [0, 0.1) is 11.3 Å². The first kappa shape index (κ1) is 16.2. The van der Waals surface area contributed by atoms with Crippen molar-refractivity contribution in [1.29, 1.82) is 0 Å². The molecular formula is C19H26N6O. The molecule has 2 aliphatic rings. The number of ether oxygens (including phenoxy) is 1. The molecule has 7 nitrogen and oxygen atoms in total. The molecule has 0 bridgehead atoms. The van der Waals surface area contributed by atoms with Crippen molar-refractivity contribution < 1.29 is 4.74 Å². The molecule has 2 N–H and O–H groups in total. The SMILES string of the molecule is CCC1CC(NCC2(C)COC2)CC1c1nnc2cnc3[nH]ccc3n12. The lowest BCUT2D eigenvalue weighted by molar-refractivity contribution is -0.0999. The van der Waals surface area contributed by atoms with Crippen molar-refractivity contribution in [3.8, 4) is 0 Å². The number of fused-ring (bicyclic) bond motifs is 3. The van der Waals surface area contributed by atoms with E-state index < -0.39 is 0 Å². The average molecular weight is 354 g/mol. The van der Waals surface area contributed by atoms with E-state index in [4.69, 9.17) is 4.74 Å². The molecule has 0 spiro atoms. The molecule has 3 aromatic heterocycles. The zero-order chi connectivity index (χ0) is 17.7. The molecular weight excluding hydrogens is 328 g/mol. The molecule has 1 saturated carbocycles. The summed E-state index contributed by atoms with van der Waals surface area (Å²) in [5, 5.41) is 12.8. The Morgan fingerprint density at radius 3 is 3.00 bits per heavy atom. The van der Waals surface area contributed by atoms with Gasteiger partial charge in [0.25, 0.3) is 0 Å². The van der Waals surface area contributed by atoms with Gasteiger partial charge in [0, 0.05) is 30.1 Å². The minimum atomic E-state index is 0.310. The fourth-order valence-corrected chi connectivity index (χ4v) is 4.64. The number of hydrogen-bond acceptors (Lipinski definition) is 5. The maximum atomic E-state index is 5.39. The van der Waals surface area contributed by atoms with Gasteiger partial charge in [-0.25, -0.2) is 4.98 Å². The van der Waals surface area contributed by atoms with Crippen molar-refractivity contribution in [3.63, 3.8) is 0 Å². The van der Waals surface area contributed by atoms with Crippen LogP contribution in [-0.2, 0) is 4.74 Å². The van der Waals surface area contributed by atoms with Crippen molar-refractivity contribution in [2.45, 2.75) is 45.1 Å². The van der Waals surface area contributed by atoms with Gasteiger partial charge in [0.2, 0.25) is 0 Å². The van der Waals surface area contributed by atoms with Gasteiger partial charge in [0.1, 0.15) is 5.82 Å². The molecule has 3 unspecified atom stereocenters. The summed E-state index contributed by atoms with van der Waals surface area (Å²) in [5.74, 6) is 2.15. The van der Waals surface area contributed by atoms with Gasteiger partial charge in [0.05, 0.1) is 24.9 Å². The Morgan fingerprint density at radius 2 is 2.23 bits per heavy atom. The fraction of sp³-hybridized carbons (Fsp3) is 0.632. The molecule has 138 valence electrons. The number of aromatic nitrogens is 5. The summed E-state index contributed by atoms with van der Waals surface area (Å²) in [6.07, 6.45) is 7.22. The molecule has 0 aromatic carbocycles. The highest BCUT2D eigenvalue weighted by Gasteiger charge is 2.39. The smallest absolute Gasteiger partial charge is 0.179 e. The molecule has 3 aromatic rings. The second-order valence-corrected chi connectivity index (χ2v) is 8.35. The average Bonchev–Trinajstić information content (AvgIpc) is 3.33. The molecule has 5 rings (SSSR count). The highest BCUT2D eigenvalue weighted by atomic mass is 16.5. The second-order valence-electron chi connectivity index (χ2n) is 8.35. The first-order chi connectivity index (χ1) is 12.7. The first-order valence-corrected chi connectivity index (χ1v) is 9.65. The first-order valence-electron chi connectivity index (χ1n) is 9.65. The van der Waals surface area contributed by atoms with Crippen molar-refractivity contribution >= 4 is 16.8 Å². The number of nitrogens with zero attached hydrogens (tertiary/aromatic N) is 4. The topological polar surface area (TPSA) is 80.1 Å². The Balaban J connectivity index is 1.43. The van der Waals surface area contributed by atoms with E-state index in [-0.39, 0.29) is 0 Å². The van der Waals surface area contributed by atoms with E-state index in [0.29, 0.717) is 23.3 Å². The quantitative estimate of drug-likeness (QED) is 0.736. The zero-order valence-corrected chi connectivity index (χ0v) is 15.4. The van der Waals surface area contributed by atoms with Gasteiger partial charge in [-0.15, -0.1) is 10.2 Å². The predicted octanol–water partition coefficient (Wildman–Crippen LogP) is 2.50. The van der Waals surface area contributed by atoms with Crippen LogP contribution < -0.4 is 5.32 Å². The van der Waals surface area contributed by atoms with E-state index in [9.17, 15) is 0 Å². The van der Waals surface area contributed by atoms with Crippen molar-refractivity contribution in [2.24, 2.45) is 11.3 Å². The van der Waals surface area contributed by atoms with Crippen LogP contribution >= 0.6 is 0 Å². The number of aromatic amines is 1. The largest absolute Gasteiger partial charge is 0.380 e. The van der Waals surface area contributed by atoms with Crippen LogP contribution in [0.25, 0.3) is 16.8 Å². The molecule has 7 heteroatoms. The molecule has 0 amide bonds. The Hall–Kier alpha value is -1.99. The Morgan fingerprint density at radius 1 is 1.35 bits per heavy atom. The van der Waals surface area contributed by atoms with Gasteiger partial charge >= 0.3 is 0 Å². The normalized spacial score (nSPS) is 28.0. The summed E-state index contributed by atoms with van der Waals surface area (Å²) in [5.41, 5.74) is 3.09. The molecule has 26 heavy (non-hydrogen) atoms. The summed E-state index contributed by atoms with van der Waals surface area (Å²) in [6.45, 7) is 7.38. The maximum absolute atomic E-state index is 5.39. The Bertz CT molecular complexity index is 927. The number of nitrogens with one attached hydrogen (secondary N) is 2. The summed E-state index contributed by atoms with van der Waals surface area (Å²) in [7, 11) is 0. The van der Waals surface area contributed by atoms with Gasteiger partial charge in [0.15, 0.2) is 11.3 Å². The van der Waals surface area contributed by atoms with Gasteiger partial charge in [-0.05, 0) is 24.8 Å². The van der Waals surface area contributed by atoms with E-state index in [1.165, 1.54) is 12.8 Å². The van der Waals surface area contributed by atoms with Crippen molar-refractivity contribution in [3.05, 3.63) is 24.3 Å². The van der Waals surface area contributed by atoms with Crippen LogP contribution in [0.1, 0.15) is 44.9 Å². The summed E-state index contributed by atoms with van der Waals surface area (Å²) in [4.78, 5) is 7.62. The van der Waals surface area contributed by atoms with Gasteiger partial charge in [-0.1, -0.05) is 20.3 Å². The third-order valence-corrected chi connectivity index (χ3v) is 6.24. The lowest BCUT2D eigenvalue weighted by atomic mass is 9.88. The molecule has 3 atom stereocenters. The number of hydrogen-bond donors (Lipinski definition) is 2. The number of rotatable bonds is 5. The van der Waals surface area contributed by atoms with Crippen molar-refractivity contribution in [2.75, 3.05) is 19.8 Å². The zero-order valence-electron chi connectivity index (χ0n) is 15.4. The molecule has 1 saturated heterocycles. The van der Waals surface area contributed by atoms with E-state index in [1.54, 1.807) is 6.20 Å². The Kier molecular flexibility index (Phi) is 3.76. The molecule has 0 radical (unpaired) electrons. The Labute approximate surface area is 152 Å². The minimum Gasteiger partial charge on any atom is -0.380 e. The second kappa shape index (κ2) is 6.03. The lowest BCUT2D eigenvalue weighted by Gasteiger charge is -2.39. The fourth-order valence-electron chi connectivity index (χ4n) is 4.64. The van der Waals surface area contributed by atoms with Gasteiger partial charge < -0.3 is 15.0 Å². The monoisotopic (exact) mass is 354 g/mol. The predicted molar refractivity (Wildman–Crippen MR) is 99.1 cm³/mol. The molecule has 2 fully saturated rings. The molecule has 4 heterocycles. The molecule has 1 aliphatic heterocycles. The standard InChI is InChI=1S/C19H26N6O/c1-3-12-6-13(22-9-19(2)10-26-11-19)7-14(12)18-24-23-16-8-21-17-15(25(16)18)4-5-20-17/h4-5,8,12-14,20,22H,3,6-7,9-11H2,1-2H3. The summed E-state index contributed by atoms with van der Waals surface area (Å²) in [6, 6.07) is 2.60. The highest BCUT2D eigenvalue weighted by molar-refractivity contribution is 5.74. The van der Waals surface area contributed by atoms with Gasteiger partial charge in [-0.2, -0.15) is 0 Å². The van der Waals surface area contributed by atoms with E-state index in [2.05, 4.69) is 49.8 Å². The van der Waals surface area contributed by atoms with Crippen LogP contribution in [0.3, 0.4) is 0 Å². The maximum Gasteiger partial charge on any atom is 0.179 e. The van der Waals surface area contributed by atoms with Crippen LogP contribution in [0.15, 0.2) is 18.5 Å². The summed E-state index contributed by atoms with van der Waals surface area (Å²) >= 11 is 0. The van der Waals surface area contributed by atoms with E-state index in [1.807, 2.05) is 6.20 Å². The van der Waals surface area contributed by atoms with Crippen LogP contribution in [0.5, 0.6) is 0 Å². The van der Waals surface area contributed by atoms with Crippen LogP contribution in [-0.4, -0.2) is 50.4 Å². The number of H-pyrrole nitrogens is 1. The summed E-state index contributed by atoms with van der Waals surface area (Å²) < 4.78 is 7.58. The van der Waals surface area contributed by atoms with E-state index >= 15 is 0 Å². The third-order valence-electron chi connectivity index (χ3n) is 6.24. The third kappa shape index (κ3) is 2.53. The molecule has 1 aliphatic carbocycles. The minimum absolute atomic E-state index is 0.310. The van der Waals surface area contributed by atoms with Gasteiger partial charge in [-0.3, -0.25) is 4.40 Å². The van der Waals surface area contributed by atoms with Crippen LogP contribution in [0.4, 0.5) is 0 Å². The van der Waals surface area contributed by atoms with E-state index in [0.717, 1.165) is 48.8 Å².